The van der Waals surface area contributed by atoms with E-state index in [1.54, 1.807) is 36.1 Å². The molecular formula is C13H12ClN3O2. The zero-order chi connectivity index (χ0) is 13.4. The smallest absolute Gasteiger partial charge is 0.266 e. The van der Waals surface area contributed by atoms with E-state index in [9.17, 15) is 4.79 Å². The van der Waals surface area contributed by atoms with Crippen molar-refractivity contribution < 1.29 is 9.53 Å². The molecule has 1 aliphatic heterocycles. The van der Waals surface area contributed by atoms with Crippen molar-refractivity contribution in [2.75, 3.05) is 5.32 Å². The van der Waals surface area contributed by atoms with Crippen LogP contribution in [0.1, 0.15) is 5.56 Å². The van der Waals surface area contributed by atoms with Crippen molar-refractivity contribution >= 4 is 23.3 Å². The van der Waals surface area contributed by atoms with Gasteiger partial charge in [-0.1, -0.05) is 11.6 Å². The summed E-state index contributed by atoms with van der Waals surface area (Å²) < 4.78 is 7.22. The molecular weight excluding hydrogens is 266 g/mol. The molecule has 5 nitrogen and oxygen atoms in total. The van der Waals surface area contributed by atoms with Gasteiger partial charge >= 0.3 is 0 Å². The third kappa shape index (κ3) is 2.42. The molecule has 2 heterocycles. The van der Waals surface area contributed by atoms with Gasteiger partial charge in [-0.05, 0) is 23.8 Å². The fourth-order valence-electron chi connectivity index (χ4n) is 2.05. The van der Waals surface area contributed by atoms with E-state index in [-0.39, 0.29) is 5.91 Å². The van der Waals surface area contributed by atoms with Crippen LogP contribution in [-0.4, -0.2) is 21.8 Å². The SMILES string of the molecule is Cn1ccc(NC(=O)[C@H]2Cc3cc(Cl)ccc3O2)n1. The molecule has 98 valence electrons. The molecule has 0 saturated heterocycles. The van der Waals surface area contributed by atoms with Crippen molar-refractivity contribution in [1.82, 2.24) is 9.78 Å². The molecule has 0 bridgehead atoms. The van der Waals surface area contributed by atoms with E-state index in [1.807, 2.05) is 6.07 Å². The number of fused-ring (bicyclic) bond motifs is 1. The normalized spacial score (nSPS) is 16.8. The summed E-state index contributed by atoms with van der Waals surface area (Å²) in [6.45, 7) is 0. The van der Waals surface area contributed by atoms with E-state index in [0.717, 1.165) is 5.56 Å². The first-order valence-electron chi connectivity index (χ1n) is 5.87. The van der Waals surface area contributed by atoms with Crippen LogP contribution in [0, 0.1) is 0 Å². The van der Waals surface area contributed by atoms with Crippen LogP contribution >= 0.6 is 11.6 Å². The summed E-state index contributed by atoms with van der Waals surface area (Å²) >= 11 is 5.91. The maximum absolute atomic E-state index is 12.1. The van der Waals surface area contributed by atoms with E-state index in [0.29, 0.717) is 23.0 Å². The number of ether oxygens (including phenoxy) is 1. The number of aromatic nitrogens is 2. The molecule has 1 atom stereocenters. The Morgan fingerprint density at radius 2 is 2.37 bits per heavy atom. The Kier molecular flexibility index (Phi) is 2.91. The predicted octanol–water partition coefficient (Wildman–Crippen LogP) is 2.02. The summed E-state index contributed by atoms with van der Waals surface area (Å²) in [5, 5.41) is 7.47. The Morgan fingerprint density at radius 1 is 1.53 bits per heavy atom. The van der Waals surface area contributed by atoms with E-state index >= 15 is 0 Å². The zero-order valence-corrected chi connectivity index (χ0v) is 11.0. The molecule has 1 N–H and O–H groups in total. The monoisotopic (exact) mass is 277 g/mol. The van der Waals surface area contributed by atoms with Gasteiger partial charge in [-0.25, -0.2) is 0 Å². The number of amides is 1. The lowest BCUT2D eigenvalue weighted by molar-refractivity contribution is -0.122. The highest BCUT2D eigenvalue weighted by Crippen LogP contribution is 2.31. The largest absolute Gasteiger partial charge is 0.480 e. The van der Waals surface area contributed by atoms with Crippen LogP contribution in [0.4, 0.5) is 5.82 Å². The van der Waals surface area contributed by atoms with Crippen molar-refractivity contribution in [3.63, 3.8) is 0 Å². The molecule has 6 heteroatoms. The number of carbonyl (C=O) groups excluding carboxylic acids is 1. The van der Waals surface area contributed by atoms with Crippen LogP contribution in [0.5, 0.6) is 5.75 Å². The first-order valence-corrected chi connectivity index (χ1v) is 6.25. The van der Waals surface area contributed by atoms with Gasteiger partial charge in [0.15, 0.2) is 11.9 Å². The number of aryl methyl sites for hydroxylation is 1. The second-order valence-corrected chi connectivity index (χ2v) is 4.86. The van der Waals surface area contributed by atoms with Crippen LogP contribution in [0.3, 0.4) is 0 Å². The summed E-state index contributed by atoms with van der Waals surface area (Å²) in [5.41, 5.74) is 0.952. The summed E-state index contributed by atoms with van der Waals surface area (Å²) in [5.74, 6) is 1.03. The zero-order valence-electron chi connectivity index (χ0n) is 10.3. The van der Waals surface area contributed by atoms with E-state index in [4.69, 9.17) is 16.3 Å². The molecule has 3 rings (SSSR count). The Hall–Kier alpha value is -2.01. The fraction of sp³-hybridized carbons (Fsp3) is 0.231. The highest BCUT2D eigenvalue weighted by molar-refractivity contribution is 6.30. The van der Waals surface area contributed by atoms with Crippen LogP contribution in [0.15, 0.2) is 30.5 Å². The molecule has 1 aromatic heterocycles. The quantitative estimate of drug-likeness (QED) is 0.914. The first-order chi connectivity index (χ1) is 9.11. The number of hydrogen-bond donors (Lipinski definition) is 1. The minimum Gasteiger partial charge on any atom is -0.480 e. The average Bonchev–Trinajstić information content (AvgIpc) is 2.95. The van der Waals surface area contributed by atoms with Gasteiger partial charge < -0.3 is 10.1 Å². The molecule has 0 fully saturated rings. The summed E-state index contributed by atoms with van der Waals surface area (Å²) in [6.07, 6.45) is 1.75. The third-order valence-electron chi connectivity index (χ3n) is 2.95. The van der Waals surface area contributed by atoms with Gasteiger partial charge in [0.25, 0.3) is 5.91 Å². The molecule has 1 aliphatic rings. The highest BCUT2D eigenvalue weighted by atomic mass is 35.5. The van der Waals surface area contributed by atoms with Crippen LogP contribution in [0.2, 0.25) is 5.02 Å². The molecule has 2 aromatic rings. The number of halogens is 1. The molecule has 19 heavy (non-hydrogen) atoms. The van der Waals surface area contributed by atoms with Crippen molar-refractivity contribution in [3.8, 4) is 5.75 Å². The van der Waals surface area contributed by atoms with Crippen LogP contribution < -0.4 is 10.1 Å². The van der Waals surface area contributed by atoms with Crippen molar-refractivity contribution in [2.45, 2.75) is 12.5 Å². The third-order valence-corrected chi connectivity index (χ3v) is 3.19. The Labute approximate surface area is 115 Å². The molecule has 0 aliphatic carbocycles. The molecule has 1 aromatic carbocycles. The number of hydrogen-bond acceptors (Lipinski definition) is 3. The summed E-state index contributed by atoms with van der Waals surface area (Å²) in [6, 6.07) is 7.09. The van der Waals surface area contributed by atoms with Crippen molar-refractivity contribution in [2.24, 2.45) is 7.05 Å². The lowest BCUT2D eigenvalue weighted by Crippen LogP contribution is -2.31. The maximum atomic E-state index is 12.1. The molecule has 0 radical (unpaired) electrons. The van der Waals surface area contributed by atoms with Gasteiger partial charge in [0.2, 0.25) is 0 Å². The van der Waals surface area contributed by atoms with Gasteiger partial charge in [0.05, 0.1) is 0 Å². The predicted molar refractivity (Wildman–Crippen MR) is 71.4 cm³/mol. The Bertz CT molecular complexity index is 639. The minimum absolute atomic E-state index is 0.203. The van der Waals surface area contributed by atoms with E-state index < -0.39 is 6.10 Å². The van der Waals surface area contributed by atoms with Gasteiger partial charge in [-0.2, -0.15) is 5.10 Å². The number of carbonyl (C=O) groups is 1. The highest BCUT2D eigenvalue weighted by Gasteiger charge is 2.29. The molecule has 0 saturated carbocycles. The standard InChI is InChI=1S/C13H12ClN3O2/c1-17-5-4-12(16-17)15-13(18)11-7-8-6-9(14)2-3-10(8)19-11/h2-6,11H,7H2,1H3,(H,15,16,18)/t11-/m1/s1. The van der Waals surface area contributed by atoms with Crippen LogP contribution in [-0.2, 0) is 18.3 Å². The number of benzene rings is 1. The maximum Gasteiger partial charge on any atom is 0.266 e. The van der Waals surface area contributed by atoms with E-state index in [1.165, 1.54) is 0 Å². The Morgan fingerprint density at radius 3 is 3.11 bits per heavy atom. The van der Waals surface area contributed by atoms with E-state index in [2.05, 4.69) is 10.4 Å². The summed E-state index contributed by atoms with van der Waals surface area (Å²) in [4.78, 5) is 12.1. The lowest BCUT2D eigenvalue weighted by atomic mass is 10.1. The van der Waals surface area contributed by atoms with Crippen LogP contribution in [0.25, 0.3) is 0 Å². The number of anilines is 1. The number of rotatable bonds is 2. The number of nitrogens with one attached hydrogen (secondary N) is 1. The molecule has 0 spiro atoms. The van der Waals surface area contributed by atoms with Gasteiger partial charge in [0.1, 0.15) is 5.75 Å². The summed E-state index contributed by atoms with van der Waals surface area (Å²) in [7, 11) is 1.79. The second kappa shape index (κ2) is 4.59. The molecule has 0 unspecified atom stereocenters. The second-order valence-electron chi connectivity index (χ2n) is 4.43. The van der Waals surface area contributed by atoms with Crippen molar-refractivity contribution in [3.05, 3.63) is 41.0 Å². The topological polar surface area (TPSA) is 56.2 Å². The Balaban J connectivity index is 1.70. The fourth-order valence-corrected chi connectivity index (χ4v) is 2.25. The first kappa shape index (κ1) is 12.0. The van der Waals surface area contributed by atoms with Gasteiger partial charge in [-0.15, -0.1) is 0 Å². The van der Waals surface area contributed by atoms with Gasteiger partial charge in [0, 0.05) is 30.8 Å². The molecule has 1 amide bonds. The number of nitrogens with zero attached hydrogens (tertiary/aromatic N) is 2. The van der Waals surface area contributed by atoms with Gasteiger partial charge in [-0.3, -0.25) is 9.48 Å². The van der Waals surface area contributed by atoms with Crippen molar-refractivity contribution in [1.29, 1.82) is 0 Å². The average molecular weight is 278 g/mol. The minimum atomic E-state index is -0.532. The lowest BCUT2D eigenvalue weighted by Gasteiger charge is -2.09.